The molecule has 5 rings (SSSR count). The maximum absolute atomic E-state index is 13.5. The summed E-state index contributed by atoms with van der Waals surface area (Å²) >= 11 is 0. The first-order valence-electron chi connectivity index (χ1n) is 11.6. The molecule has 1 saturated heterocycles. The maximum atomic E-state index is 13.5. The second-order valence-corrected chi connectivity index (χ2v) is 11.3. The van der Waals surface area contributed by atoms with Crippen molar-refractivity contribution in [1.82, 2.24) is 0 Å². The van der Waals surface area contributed by atoms with Crippen LogP contribution in [0.2, 0.25) is 0 Å². The Morgan fingerprint density at radius 2 is 1.58 bits per heavy atom. The Morgan fingerprint density at radius 1 is 0.903 bits per heavy atom. The molecule has 2 atom stereocenters. The quantitative estimate of drug-likeness (QED) is 0.472. The standard InChI is InChI=1S/C27H31NO2S/c1-19-16-24(19)21-10-12-23(13-11-21)31(29,30)27-18-22-8-7-9-26(25(22)17-20(27)2)28-14-5-3-4-6-15-28/h7-13,17-19,24H,3-6,14-16H2,1-2H3. The van der Waals surface area contributed by atoms with Gasteiger partial charge in [-0.2, -0.15) is 0 Å². The van der Waals surface area contributed by atoms with Gasteiger partial charge in [-0.05, 0) is 84.9 Å². The van der Waals surface area contributed by atoms with Gasteiger partial charge in [0.2, 0.25) is 9.84 Å². The fraction of sp³-hybridized carbons (Fsp3) is 0.407. The second kappa shape index (κ2) is 7.98. The second-order valence-electron chi connectivity index (χ2n) is 9.41. The molecule has 0 radical (unpaired) electrons. The Morgan fingerprint density at radius 3 is 2.23 bits per heavy atom. The summed E-state index contributed by atoms with van der Waals surface area (Å²) in [6.07, 6.45) is 6.23. The summed E-state index contributed by atoms with van der Waals surface area (Å²) < 4.78 is 27.0. The third kappa shape index (κ3) is 3.87. The van der Waals surface area contributed by atoms with Crippen LogP contribution >= 0.6 is 0 Å². The van der Waals surface area contributed by atoms with Gasteiger partial charge in [0.05, 0.1) is 9.79 Å². The molecule has 0 amide bonds. The highest BCUT2D eigenvalue weighted by Gasteiger charge is 2.34. The van der Waals surface area contributed by atoms with E-state index in [2.05, 4.69) is 30.0 Å². The van der Waals surface area contributed by atoms with Crippen molar-refractivity contribution >= 4 is 26.3 Å². The summed E-state index contributed by atoms with van der Waals surface area (Å²) in [7, 11) is -3.55. The van der Waals surface area contributed by atoms with Gasteiger partial charge in [-0.25, -0.2) is 8.42 Å². The molecular formula is C27H31NO2S. The molecule has 31 heavy (non-hydrogen) atoms. The molecule has 0 spiro atoms. The predicted octanol–water partition coefficient (Wildman–Crippen LogP) is 6.48. The van der Waals surface area contributed by atoms with Gasteiger partial charge in [0.1, 0.15) is 0 Å². The highest BCUT2D eigenvalue weighted by molar-refractivity contribution is 7.91. The zero-order valence-corrected chi connectivity index (χ0v) is 19.3. The fourth-order valence-corrected chi connectivity index (χ4v) is 6.59. The van der Waals surface area contributed by atoms with Crippen molar-refractivity contribution < 1.29 is 8.42 Å². The number of nitrogens with zero attached hydrogens (tertiary/aromatic N) is 1. The van der Waals surface area contributed by atoms with Crippen LogP contribution in [-0.2, 0) is 9.84 Å². The van der Waals surface area contributed by atoms with E-state index in [0.717, 1.165) is 29.4 Å². The number of hydrogen-bond acceptors (Lipinski definition) is 3. The van der Waals surface area contributed by atoms with E-state index < -0.39 is 9.84 Å². The number of fused-ring (bicyclic) bond motifs is 1. The van der Waals surface area contributed by atoms with E-state index >= 15 is 0 Å². The Balaban J connectivity index is 1.53. The fourth-order valence-electron chi connectivity index (χ4n) is 5.08. The molecule has 1 saturated carbocycles. The van der Waals surface area contributed by atoms with Crippen molar-refractivity contribution in [2.75, 3.05) is 18.0 Å². The van der Waals surface area contributed by atoms with E-state index in [4.69, 9.17) is 0 Å². The number of anilines is 1. The third-order valence-electron chi connectivity index (χ3n) is 7.12. The van der Waals surface area contributed by atoms with E-state index in [1.54, 1.807) is 12.1 Å². The molecule has 0 N–H and O–H groups in total. The molecule has 2 aliphatic rings. The van der Waals surface area contributed by atoms with Crippen molar-refractivity contribution in [2.24, 2.45) is 5.92 Å². The van der Waals surface area contributed by atoms with Crippen molar-refractivity contribution in [3.05, 3.63) is 65.7 Å². The van der Waals surface area contributed by atoms with Crippen LogP contribution in [0.15, 0.2) is 64.4 Å². The Labute approximate surface area is 186 Å². The van der Waals surface area contributed by atoms with Gasteiger partial charge < -0.3 is 4.90 Å². The number of benzene rings is 3. The lowest BCUT2D eigenvalue weighted by molar-refractivity contribution is 0.595. The zero-order valence-electron chi connectivity index (χ0n) is 18.5. The van der Waals surface area contributed by atoms with Gasteiger partial charge in [0.25, 0.3) is 0 Å². The van der Waals surface area contributed by atoms with Crippen LogP contribution in [0.5, 0.6) is 0 Å². The normalized spacial score (nSPS) is 21.8. The first kappa shape index (κ1) is 20.6. The monoisotopic (exact) mass is 433 g/mol. The minimum absolute atomic E-state index is 0.385. The van der Waals surface area contributed by atoms with Gasteiger partial charge in [0.15, 0.2) is 0 Å². The smallest absolute Gasteiger partial charge is 0.206 e. The van der Waals surface area contributed by atoms with Crippen LogP contribution in [0.1, 0.15) is 56.1 Å². The largest absolute Gasteiger partial charge is 0.371 e. The Hall–Kier alpha value is -2.33. The van der Waals surface area contributed by atoms with Crippen LogP contribution in [0.3, 0.4) is 0 Å². The SMILES string of the molecule is Cc1cc2c(N3CCCCCC3)cccc2cc1S(=O)(=O)c1ccc(C2CC2C)cc1. The van der Waals surface area contributed by atoms with Crippen LogP contribution in [0.25, 0.3) is 10.8 Å². The van der Waals surface area contributed by atoms with Crippen LogP contribution < -0.4 is 4.90 Å². The molecule has 3 nitrogen and oxygen atoms in total. The third-order valence-corrected chi connectivity index (χ3v) is 9.03. The number of sulfone groups is 1. The molecule has 0 aromatic heterocycles. The average molecular weight is 434 g/mol. The maximum Gasteiger partial charge on any atom is 0.206 e. The molecule has 2 fully saturated rings. The van der Waals surface area contributed by atoms with E-state index in [9.17, 15) is 8.42 Å². The van der Waals surface area contributed by atoms with E-state index in [0.29, 0.717) is 21.6 Å². The first-order chi connectivity index (χ1) is 14.9. The summed E-state index contributed by atoms with van der Waals surface area (Å²) in [5.74, 6) is 1.31. The molecule has 162 valence electrons. The van der Waals surface area contributed by atoms with E-state index in [1.807, 2.05) is 31.2 Å². The van der Waals surface area contributed by atoms with Gasteiger partial charge in [-0.3, -0.25) is 0 Å². The van der Waals surface area contributed by atoms with E-state index in [1.165, 1.54) is 43.4 Å². The minimum atomic E-state index is -3.55. The zero-order chi connectivity index (χ0) is 21.6. The highest BCUT2D eigenvalue weighted by atomic mass is 32.2. The first-order valence-corrected chi connectivity index (χ1v) is 13.1. The summed E-state index contributed by atoms with van der Waals surface area (Å²) in [6.45, 7) is 6.31. The summed E-state index contributed by atoms with van der Waals surface area (Å²) in [6, 6.07) is 17.8. The molecule has 2 unspecified atom stereocenters. The van der Waals surface area contributed by atoms with Crippen molar-refractivity contribution in [1.29, 1.82) is 0 Å². The number of aryl methyl sites for hydroxylation is 1. The van der Waals surface area contributed by atoms with E-state index in [-0.39, 0.29) is 0 Å². The molecule has 1 aliphatic heterocycles. The topological polar surface area (TPSA) is 37.4 Å². The highest BCUT2D eigenvalue weighted by Crippen LogP contribution is 2.47. The molecular weight excluding hydrogens is 402 g/mol. The molecule has 3 aromatic carbocycles. The van der Waals surface area contributed by atoms with Crippen LogP contribution in [-0.4, -0.2) is 21.5 Å². The molecule has 4 heteroatoms. The van der Waals surface area contributed by atoms with Gasteiger partial charge >= 0.3 is 0 Å². The molecule has 1 aliphatic carbocycles. The lowest BCUT2D eigenvalue weighted by Crippen LogP contribution is -2.24. The Bertz CT molecular complexity index is 1210. The van der Waals surface area contributed by atoms with Crippen LogP contribution in [0.4, 0.5) is 5.69 Å². The van der Waals surface area contributed by atoms with Gasteiger partial charge in [-0.1, -0.05) is 44.0 Å². The minimum Gasteiger partial charge on any atom is -0.371 e. The lowest BCUT2D eigenvalue weighted by atomic mass is 10.0. The summed E-state index contributed by atoms with van der Waals surface area (Å²) in [5, 5.41) is 2.15. The average Bonchev–Trinajstić information content (AvgIpc) is 3.55. The summed E-state index contributed by atoms with van der Waals surface area (Å²) in [4.78, 5) is 3.27. The molecule has 1 heterocycles. The van der Waals surface area contributed by atoms with Crippen LogP contribution in [0, 0.1) is 12.8 Å². The predicted molar refractivity (Wildman–Crippen MR) is 128 cm³/mol. The Kier molecular flexibility index (Phi) is 5.29. The number of rotatable bonds is 4. The van der Waals surface area contributed by atoms with Crippen molar-refractivity contribution in [2.45, 2.75) is 61.7 Å². The van der Waals surface area contributed by atoms with Gasteiger partial charge in [-0.15, -0.1) is 0 Å². The lowest BCUT2D eigenvalue weighted by Gasteiger charge is -2.25. The molecule has 3 aromatic rings. The van der Waals surface area contributed by atoms with Crippen molar-refractivity contribution in [3.63, 3.8) is 0 Å². The molecule has 0 bridgehead atoms. The summed E-state index contributed by atoms with van der Waals surface area (Å²) in [5.41, 5.74) is 3.30. The van der Waals surface area contributed by atoms with Gasteiger partial charge in [0, 0.05) is 24.2 Å². The van der Waals surface area contributed by atoms with Crippen molar-refractivity contribution in [3.8, 4) is 0 Å². The number of hydrogen-bond donors (Lipinski definition) is 0.